The standard InChI is InChI=1S/C16H31N3O.HI/c1-4-16(5-2,11-12-20)13-18-15(17-6-3)19-14-9-7-8-10-14;/h7-8,14,20H,4-6,9-13H2,1-3H3,(H2,17,18,19);1H. The lowest BCUT2D eigenvalue weighted by Crippen LogP contribution is -2.43. The number of guanidine groups is 1. The Labute approximate surface area is 146 Å². The topological polar surface area (TPSA) is 56.7 Å². The lowest BCUT2D eigenvalue weighted by Gasteiger charge is -2.29. The predicted molar refractivity (Wildman–Crippen MR) is 101 cm³/mol. The molecule has 0 atom stereocenters. The molecule has 5 heteroatoms. The first-order valence-electron chi connectivity index (χ1n) is 8.00. The summed E-state index contributed by atoms with van der Waals surface area (Å²) >= 11 is 0. The third kappa shape index (κ3) is 7.00. The van der Waals surface area contributed by atoms with Gasteiger partial charge in [0.2, 0.25) is 0 Å². The summed E-state index contributed by atoms with van der Waals surface area (Å²) in [5.41, 5.74) is 0.130. The predicted octanol–water partition coefficient (Wildman–Crippen LogP) is 3.07. The molecule has 4 nitrogen and oxygen atoms in total. The number of hydrogen-bond acceptors (Lipinski definition) is 2. The average molecular weight is 409 g/mol. The van der Waals surface area contributed by atoms with Crippen LogP contribution in [-0.4, -0.2) is 36.8 Å². The number of nitrogens with zero attached hydrogens (tertiary/aromatic N) is 1. The van der Waals surface area contributed by atoms with Gasteiger partial charge >= 0.3 is 0 Å². The van der Waals surface area contributed by atoms with E-state index in [9.17, 15) is 5.11 Å². The smallest absolute Gasteiger partial charge is 0.191 e. The van der Waals surface area contributed by atoms with Gasteiger partial charge in [-0.15, -0.1) is 24.0 Å². The fraction of sp³-hybridized carbons (Fsp3) is 0.812. The van der Waals surface area contributed by atoms with Crippen LogP contribution in [0, 0.1) is 5.41 Å². The molecule has 124 valence electrons. The average Bonchev–Trinajstić information content (AvgIpc) is 2.96. The van der Waals surface area contributed by atoms with Crippen molar-refractivity contribution in [3.63, 3.8) is 0 Å². The molecule has 0 aliphatic heterocycles. The van der Waals surface area contributed by atoms with Crippen molar-refractivity contribution < 1.29 is 5.11 Å². The van der Waals surface area contributed by atoms with Crippen molar-refractivity contribution in [3.05, 3.63) is 12.2 Å². The van der Waals surface area contributed by atoms with Crippen molar-refractivity contribution in [2.45, 2.75) is 58.9 Å². The van der Waals surface area contributed by atoms with Crippen molar-refractivity contribution in [3.8, 4) is 0 Å². The third-order valence-corrected chi connectivity index (χ3v) is 4.41. The van der Waals surface area contributed by atoms with Crippen LogP contribution in [0.3, 0.4) is 0 Å². The number of halogens is 1. The third-order valence-electron chi connectivity index (χ3n) is 4.41. The minimum absolute atomic E-state index is 0. The fourth-order valence-corrected chi connectivity index (χ4v) is 2.64. The molecule has 1 aliphatic carbocycles. The monoisotopic (exact) mass is 409 g/mol. The minimum atomic E-state index is 0. The number of rotatable bonds is 8. The van der Waals surface area contributed by atoms with Gasteiger partial charge in [0.1, 0.15) is 0 Å². The molecule has 0 aromatic rings. The Hall–Kier alpha value is -0.300. The molecule has 0 saturated heterocycles. The van der Waals surface area contributed by atoms with E-state index >= 15 is 0 Å². The minimum Gasteiger partial charge on any atom is -0.396 e. The zero-order valence-electron chi connectivity index (χ0n) is 13.7. The second kappa shape index (κ2) is 11.3. The van der Waals surface area contributed by atoms with Crippen LogP contribution in [-0.2, 0) is 0 Å². The second-order valence-electron chi connectivity index (χ2n) is 5.66. The Morgan fingerprint density at radius 1 is 1.24 bits per heavy atom. The van der Waals surface area contributed by atoms with Crippen molar-refractivity contribution in [2.75, 3.05) is 19.7 Å². The molecule has 0 bridgehead atoms. The van der Waals surface area contributed by atoms with Gasteiger partial charge in [0, 0.05) is 25.7 Å². The highest BCUT2D eigenvalue weighted by Gasteiger charge is 2.25. The summed E-state index contributed by atoms with van der Waals surface area (Å²) in [6, 6.07) is 0.475. The van der Waals surface area contributed by atoms with Crippen molar-refractivity contribution in [1.82, 2.24) is 10.6 Å². The van der Waals surface area contributed by atoms with Crippen molar-refractivity contribution in [1.29, 1.82) is 0 Å². The van der Waals surface area contributed by atoms with Gasteiger partial charge in [0.25, 0.3) is 0 Å². The lowest BCUT2D eigenvalue weighted by molar-refractivity contribution is 0.175. The van der Waals surface area contributed by atoms with Gasteiger partial charge in [-0.25, -0.2) is 0 Å². The maximum Gasteiger partial charge on any atom is 0.191 e. The van der Waals surface area contributed by atoms with Gasteiger partial charge in [-0.05, 0) is 44.4 Å². The van der Waals surface area contributed by atoms with Gasteiger partial charge in [-0.3, -0.25) is 4.99 Å². The van der Waals surface area contributed by atoms with Crippen LogP contribution in [0.5, 0.6) is 0 Å². The molecule has 0 fully saturated rings. The van der Waals surface area contributed by atoms with E-state index in [0.29, 0.717) is 6.04 Å². The highest BCUT2D eigenvalue weighted by Crippen LogP contribution is 2.30. The number of aliphatic hydroxyl groups is 1. The molecule has 0 amide bonds. The van der Waals surface area contributed by atoms with Crippen molar-refractivity contribution in [2.24, 2.45) is 10.4 Å². The molecule has 0 spiro atoms. The first kappa shape index (κ1) is 20.7. The van der Waals surface area contributed by atoms with Crippen molar-refractivity contribution >= 4 is 29.9 Å². The molecule has 0 radical (unpaired) electrons. The van der Waals surface area contributed by atoms with Gasteiger partial charge in [-0.2, -0.15) is 0 Å². The van der Waals surface area contributed by atoms with E-state index in [1.54, 1.807) is 0 Å². The van der Waals surface area contributed by atoms with Gasteiger partial charge in [-0.1, -0.05) is 26.0 Å². The SMILES string of the molecule is CCNC(=NCC(CC)(CC)CCO)NC1CC=CC1.I. The highest BCUT2D eigenvalue weighted by molar-refractivity contribution is 14.0. The van der Waals surface area contributed by atoms with Crippen LogP contribution in [0.15, 0.2) is 17.1 Å². The Morgan fingerprint density at radius 2 is 1.86 bits per heavy atom. The van der Waals surface area contributed by atoms with Gasteiger partial charge in [0.15, 0.2) is 5.96 Å². The van der Waals surface area contributed by atoms with E-state index in [4.69, 9.17) is 4.99 Å². The molecule has 1 rings (SSSR count). The van der Waals surface area contributed by atoms with Crippen LogP contribution in [0.4, 0.5) is 0 Å². The number of nitrogens with one attached hydrogen (secondary N) is 2. The number of aliphatic imine (C=N–C) groups is 1. The quantitative estimate of drug-likeness (QED) is 0.250. The summed E-state index contributed by atoms with van der Waals surface area (Å²) in [6.45, 7) is 8.36. The molecule has 0 saturated carbocycles. The summed E-state index contributed by atoms with van der Waals surface area (Å²) in [7, 11) is 0. The van der Waals surface area contributed by atoms with E-state index in [2.05, 4.69) is 43.6 Å². The number of aliphatic hydroxyl groups excluding tert-OH is 1. The van der Waals surface area contributed by atoms with Crippen LogP contribution >= 0.6 is 24.0 Å². The molecule has 3 N–H and O–H groups in total. The zero-order valence-corrected chi connectivity index (χ0v) is 16.0. The van der Waals surface area contributed by atoms with E-state index in [1.165, 1.54) is 0 Å². The summed E-state index contributed by atoms with van der Waals surface area (Å²) in [4.78, 5) is 4.77. The van der Waals surface area contributed by atoms with Gasteiger partial charge < -0.3 is 15.7 Å². The first-order valence-corrected chi connectivity index (χ1v) is 8.00. The Balaban J connectivity index is 0.00000400. The Bertz CT molecular complexity index is 319. The summed E-state index contributed by atoms with van der Waals surface area (Å²) in [5.74, 6) is 0.908. The van der Waals surface area contributed by atoms with Crippen LogP contribution in [0.2, 0.25) is 0 Å². The van der Waals surface area contributed by atoms with Crippen LogP contribution in [0.25, 0.3) is 0 Å². The Morgan fingerprint density at radius 3 is 2.33 bits per heavy atom. The normalized spacial score (nSPS) is 15.9. The summed E-state index contributed by atoms with van der Waals surface area (Å²) in [5, 5.41) is 16.1. The lowest BCUT2D eigenvalue weighted by atomic mass is 9.79. The fourth-order valence-electron chi connectivity index (χ4n) is 2.64. The maximum absolute atomic E-state index is 9.27. The van der Waals surface area contributed by atoms with E-state index < -0.39 is 0 Å². The zero-order chi connectivity index (χ0) is 14.8. The van der Waals surface area contributed by atoms with Crippen LogP contribution in [0.1, 0.15) is 52.9 Å². The van der Waals surface area contributed by atoms with Gasteiger partial charge in [0.05, 0.1) is 0 Å². The largest absolute Gasteiger partial charge is 0.396 e. The summed E-state index contributed by atoms with van der Waals surface area (Å²) in [6.07, 6.45) is 9.52. The molecular formula is C16H32IN3O. The number of hydrogen-bond donors (Lipinski definition) is 3. The summed E-state index contributed by atoms with van der Waals surface area (Å²) < 4.78 is 0. The molecular weight excluding hydrogens is 377 g/mol. The molecule has 0 heterocycles. The highest BCUT2D eigenvalue weighted by atomic mass is 127. The second-order valence-corrected chi connectivity index (χ2v) is 5.66. The molecule has 0 unspecified atom stereocenters. The molecule has 1 aliphatic rings. The maximum atomic E-state index is 9.27. The Kier molecular flexibility index (Phi) is 11.1. The molecule has 0 aromatic carbocycles. The molecule has 21 heavy (non-hydrogen) atoms. The van der Waals surface area contributed by atoms with E-state index in [-0.39, 0.29) is 36.0 Å². The van der Waals surface area contributed by atoms with E-state index in [0.717, 1.165) is 51.2 Å². The first-order chi connectivity index (χ1) is 9.69. The van der Waals surface area contributed by atoms with Crippen LogP contribution < -0.4 is 10.6 Å². The van der Waals surface area contributed by atoms with E-state index in [1.807, 2.05) is 0 Å². The molecule has 0 aromatic heterocycles.